The zero-order chi connectivity index (χ0) is 22.4. The first-order valence-electron chi connectivity index (χ1n) is 13.8. The lowest BCUT2D eigenvalue weighted by Gasteiger charge is -2.62. The average Bonchev–Trinajstić information content (AvgIpc) is 3.10. The number of hydrogen-bond donors (Lipinski definition) is 0. The van der Waals surface area contributed by atoms with Crippen molar-refractivity contribution in [2.24, 2.45) is 52.3 Å². The fraction of sp³-hybridized carbons (Fsp3) is 1.00. The molecule has 4 fully saturated rings. The molecular weight excluding hydrogens is 380 g/mol. The van der Waals surface area contributed by atoms with E-state index in [9.17, 15) is 0 Å². The van der Waals surface area contributed by atoms with Gasteiger partial charge in [-0.25, -0.2) is 0 Å². The van der Waals surface area contributed by atoms with Crippen LogP contribution in [0.5, 0.6) is 0 Å². The highest BCUT2D eigenvalue weighted by Gasteiger charge is 2.61. The van der Waals surface area contributed by atoms with E-state index in [0.717, 1.165) is 54.3 Å². The minimum absolute atomic E-state index is 0.315. The number of rotatable bonds is 7. The van der Waals surface area contributed by atoms with E-state index >= 15 is 0 Å². The highest BCUT2D eigenvalue weighted by molar-refractivity contribution is 5.10. The fourth-order valence-electron chi connectivity index (χ4n) is 9.68. The molecule has 0 N–H and O–H groups in total. The second kappa shape index (κ2) is 8.94. The predicted molar refractivity (Wildman–Crippen MR) is 130 cm³/mol. The van der Waals surface area contributed by atoms with Crippen molar-refractivity contribution in [1.82, 2.24) is 0 Å². The lowest BCUT2D eigenvalue weighted by Crippen LogP contribution is -2.56. The molecule has 0 aromatic carbocycles. The maximum Gasteiger partial charge on any atom is 0.167 e. The molecule has 0 saturated heterocycles. The molecule has 0 aromatic rings. The first kappa shape index (κ1) is 24.1. The van der Waals surface area contributed by atoms with E-state index in [1.807, 2.05) is 14.2 Å². The average molecular weight is 433 g/mol. The summed E-state index contributed by atoms with van der Waals surface area (Å²) in [5, 5.41) is 0. The van der Waals surface area contributed by atoms with Crippen molar-refractivity contribution in [2.45, 2.75) is 117 Å². The zero-order valence-electron chi connectivity index (χ0n) is 21.8. The van der Waals surface area contributed by atoms with Crippen molar-refractivity contribution in [3.8, 4) is 0 Å². The molecule has 0 aromatic heterocycles. The van der Waals surface area contributed by atoms with Gasteiger partial charge in [-0.2, -0.15) is 0 Å². The molecule has 8 atom stereocenters. The molecule has 0 aliphatic heterocycles. The Balaban J connectivity index is 1.46. The molecule has 2 heteroatoms. The monoisotopic (exact) mass is 432 g/mol. The van der Waals surface area contributed by atoms with Gasteiger partial charge in [0.05, 0.1) is 0 Å². The van der Waals surface area contributed by atoms with Crippen LogP contribution >= 0.6 is 0 Å². The Hall–Kier alpha value is -0.0800. The molecule has 31 heavy (non-hydrogen) atoms. The minimum atomic E-state index is -0.315. The molecule has 2 nitrogen and oxygen atoms in total. The normalized spacial score (nSPS) is 45.1. The van der Waals surface area contributed by atoms with Crippen LogP contribution in [0, 0.1) is 52.3 Å². The van der Waals surface area contributed by atoms with Gasteiger partial charge in [0.1, 0.15) is 0 Å². The number of methoxy groups -OCH3 is 2. The Morgan fingerprint density at radius 3 is 2.16 bits per heavy atom. The molecule has 0 radical (unpaired) electrons. The van der Waals surface area contributed by atoms with Crippen molar-refractivity contribution in [3.63, 3.8) is 0 Å². The molecule has 180 valence electrons. The summed E-state index contributed by atoms with van der Waals surface area (Å²) < 4.78 is 11.8. The molecule has 4 aliphatic rings. The van der Waals surface area contributed by atoms with Crippen LogP contribution in [0.3, 0.4) is 0 Å². The van der Waals surface area contributed by atoms with Crippen LogP contribution in [0.2, 0.25) is 0 Å². The summed E-state index contributed by atoms with van der Waals surface area (Å²) in [6.45, 7) is 12.7. The van der Waals surface area contributed by atoms with E-state index in [0.29, 0.717) is 10.8 Å². The second-order valence-electron chi connectivity index (χ2n) is 13.2. The van der Waals surface area contributed by atoms with E-state index < -0.39 is 0 Å². The Morgan fingerprint density at radius 1 is 0.774 bits per heavy atom. The molecular formula is C29H52O2. The minimum Gasteiger partial charge on any atom is -0.353 e. The van der Waals surface area contributed by atoms with Crippen LogP contribution in [0.15, 0.2) is 0 Å². The lowest BCUT2D eigenvalue weighted by molar-refractivity contribution is -0.261. The summed E-state index contributed by atoms with van der Waals surface area (Å²) in [5.41, 5.74) is 1.12. The van der Waals surface area contributed by atoms with E-state index in [4.69, 9.17) is 9.47 Å². The maximum absolute atomic E-state index is 5.91. The molecule has 0 amide bonds. The molecule has 0 bridgehead atoms. The van der Waals surface area contributed by atoms with Gasteiger partial charge in [-0.05, 0) is 97.2 Å². The molecule has 4 aliphatic carbocycles. The zero-order valence-corrected chi connectivity index (χ0v) is 21.8. The van der Waals surface area contributed by atoms with E-state index in [1.165, 1.54) is 64.2 Å². The Morgan fingerprint density at radius 2 is 1.48 bits per heavy atom. The van der Waals surface area contributed by atoms with E-state index in [2.05, 4.69) is 34.6 Å². The fourth-order valence-corrected chi connectivity index (χ4v) is 9.68. The van der Waals surface area contributed by atoms with Crippen molar-refractivity contribution in [1.29, 1.82) is 0 Å². The lowest BCUT2D eigenvalue weighted by atomic mass is 9.44. The summed E-state index contributed by atoms with van der Waals surface area (Å²) >= 11 is 0. The van der Waals surface area contributed by atoms with Gasteiger partial charge in [-0.15, -0.1) is 0 Å². The van der Waals surface area contributed by atoms with Gasteiger partial charge in [0.15, 0.2) is 5.79 Å². The van der Waals surface area contributed by atoms with Crippen LogP contribution in [0.1, 0.15) is 112 Å². The second-order valence-corrected chi connectivity index (χ2v) is 13.2. The molecule has 4 saturated carbocycles. The van der Waals surface area contributed by atoms with Gasteiger partial charge in [0, 0.05) is 27.1 Å². The van der Waals surface area contributed by atoms with Gasteiger partial charge in [0.2, 0.25) is 0 Å². The van der Waals surface area contributed by atoms with Crippen LogP contribution in [-0.2, 0) is 9.47 Å². The van der Waals surface area contributed by atoms with Gasteiger partial charge < -0.3 is 9.47 Å². The van der Waals surface area contributed by atoms with Gasteiger partial charge >= 0.3 is 0 Å². The summed E-state index contributed by atoms with van der Waals surface area (Å²) in [6, 6.07) is 0. The Labute approximate surface area is 193 Å². The smallest absolute Gasteiger partial charge is 0.167 e. The van der Waals surface area contributed by atoms with Gasteiger partial charge in [-0.3, -0.25) is 0 Å². The molecule has 4 rings (SSSR count). The third-order valence-electron chi connectivity index (χ3n) is 11.6. The SMILES string of the molecule is COC1(OC)CCC2(C)C(CCC3C2CCC2(C)C(C(C)CCCC(C)C)CCC32)C1. The number of hydrogen-bond acceptors (Lipinski definition) is 2. The van der Waals surface area contributed by atoms with E-state index in [-0.39, 0.29) is 5.79 Å². The topological polar surface area (TPSA) is 18.5 Å². The van der Waals surface area contributed by atoms with Crippen LogP contribution in [-0.4, -0.2) is 20.0 Å². The first-order chi connectivity index (χ1) is 14.7. The number of fused-ring (bicyclic) bond motifs is 5. The van der Waals surface area contributed by atoms with Gasteiger partial charge in [0.25, 0.3) is 0 Å². The van der Waals surface area contributed by atoms with Crippen LogP contribution in [0.25, 0.3) is 0 Å². The van der Waals surface area contributed by atoms with Crippen molar-refractivity contribution in [2.75, 3.05) is 14.2 Å². The summed E-state index contributed by atoms with van der Waals surface area (Å²) in [7, 11) is 3.70. The Kier molecular flexibility index (Phi) is 6.93. The third-order valence-corrected chi connectivity index (χ3v) is 11.6. The molecule has 0 heterocycles. The van der Waals surface area contributed by atoms with Crippen molar-refractivity contribution < 1.29 is 9.47 Å². The third kappa shape index (κ3) is 4.05. The quantitative estimate of drug-likeness (QED) is 0.378. The summed E-state index contributed by atoms with van der Waals surface area (Å²) in [4.78, 5) is 0. The Bertz CT molecular complexity index is 610. The largest absolute Gasteiger partial charge is 0.353 e. The van der Waals surface area contributed by atoms with Gasteiger partial charge in [-0.1, -0.05) is 53.9 Å². The van der Waals surface area contributed by atoms with E-state index in [1.54, 1.807) is 0 Å². The molecule has 8 unspecified atom stereocenters. The standard InChI is InChI=1S/C29H52O2/c1-20(2)9-8-10-21(3)24-13-14-25-23-12-11-22-19-29(30-6,31-7)18-17-27(22,4)26(23)15-16-28(24,25)5/h20-26H,8-19H2,1-7H3. The van der Waals surface area contributed by atoms with Crippen LogP contribution in [0.4, 0.5) is 0 Å². The highest BCUT2D eigenvalue weighted by Crippen LogP contribution is 2.69. The predicted octanol–water partition coefficient (Wildman–Crippen LogP) is 8.10. The van der Waals surface area contributed by atoms with Crippen molar-refractivity contribution >= 4 is 0 Å². The summed E-state index contributed by atoms with van der Waals surface area (Å²) in [6.07, 6.45) is 16.6. The maximum atomic E-state index is 5.91. The van der Waals surface area contributed by atoms with Crippen LogP contribution < -0.4 is 0 Å². The highest BCUT2D eigenvalue weighted by atomic mass is 16.7. The molecule has 0 spiro atoms. The summed E-state index contributed by atoms with van der Waals surface area (Å²) in [5.74, 6) is 6.10. The van der Waals surface area contributed by atoms with Crippen molar-refractivity contribution in [3.05, 3.63) is 0 Å². The first-order valence-corrected chi connectivity index (χ1v) is 13.8. The number of ether oxygens (including phenoxy) is 2.